The summed E-state index contributed by atoms with van der Waals surface area (Å²) in [6.45, 7) is 7.59. The molecule has 1 aliphatic rings. The highest BCUT2D eigenvalue weighted by Gasteiger charge is 2.16. The van der Waals surface area contributed by atoms with E-state index in [-0.39, 0.29) is 29.9 Å². The molecular weight excluding hydrogens is 469 g/mol. The Morgan fingerprint density at radius 1 is 1.18 bits per heavy atom. The predicted octanol–water partition coefficient (Wildman–Crippen LogP) is 2.10. The molecule has 0 radical (unpaired) electrons. The summed E-state index contributed by atoms with van der Waals surface area (Å²) in [5.41, 5.74) is 0. The third kappa shape index (κ3) is 9.20. The monoisotopic (exact) mass is 505 g/mol. The number of nitrogens with zero attached hydrogens (tertiary/aromatic N) is 4. The van der Waals surface area contributed by atoms with E-state index in [2.05, 4.69) is 38.1 Å². The number of carbonyl (C=O) groups excluding carboxylic acids is 1. The van der Waals surface area contributed by atoms with Crippen LogP contribution in [0.2, 0.25) is 0 Å². The van der Waals surface area contributed by atoms with Crippen molar-refractivity contribution in [1.29, 1.82) is 0 Å². The number of carbonyl (C=O) groups is 1. The SMILES string of the molecule is CCNC(=NCCNC(=O)CC1CCCCC1)NCCn1cnnc1CC.I. The van der Waals surface area contributed by atoms with Gasteiger partial charge in [0.1, 0.15) is 12.2 Å². The van der Waals surface area contributed by atoms with E-state index in [4.69, 9.17) is 0 Å². The summed E-state index contributed by atoms with van der Waals surface area (Å²) in [4.78, 5) is 16.6. The molecule has 2 rings (SSSR count). The van der Waals surface area contributed by atoms with Crippen LogP contribution in [0.4, 0.5) is 0 Å². The van der Waals surface area contributed by atoms with Crippen LogP contribution < -0.4 is 16.0 Å². The van der Waals surface area contributed by atoms with Crippen molar-refractivity contribution in [2.24, 2.45) is 10.9 Å². The third-order valence-electron chi connectivity index (χ3n) is 4.90. The zero-order chi connectivity index (χ0) is 19.3. The van der Waals surface area contributed by atoms with Gasteiger partial charge in [-0.2, -0.15) is 0 Å². The average molecular weight is 505 g/mol. The molecule has 0 saturated heterocycles. The Morgan fingerprint density at radius 3 is 2.68 bits per heavy atom. The maximum absolute atomic E-state index is 12.0. The number of rotatable bonds is 10. The van der Waals surface area contributed by atoms with E-state index >= 15 is 0 Å². The molecule has 3 N–H and O–H groups in total. The van der Waals surface area contributed by atoms with Gasteiger partial charge in [0.2, 0.25) is 5.91 Å². The number of guanidine groups is 1. The number of hydrogen-bond donors (Lipinski definition) is 3. The van der Waals surface area contributed by atoms with Crippen LogP contribution in [-0.2, 0) is 17.8 Å². The number of aryl methyl sites for hydroxylation is 1. The molecule has 28 heavy (non-hydrogen) atoms. The maximum Gasteiger partial charge on any atom is 0.220 e. The van der Waals surface area contributed by atoms with Gasteiger partial charge in [-0.05, 0) is 25.7 Å². The summed E-state index contributed by atoms with van der Waals surface area (Å²) in [6, 6.07) is 0. The minimum atomic E-state index is 0. The first-order chi connectivity index (χ1) is 13.2. The normalized spacial score (nSPS) is 15.0. The molecule has 1 amide bonds. The third-order valence-corrected chi connectivity index (χ3v) is 4.90. The lowest BCUT2D eigenvalue weighted by molar-refractivity contribution is -0.122. The average Bonchev–Trinajstić information content (AvgIpc) is 3.13. The van der Waals surface area contributed by atoms with E-state index in [1.807, 2.05) is 11.5 Å². The van der Waals surface area contributed by atoms with E-state index in [0.717, 1.165) is 37.8 Å². The first kappa shape index (κ1) is 24.6. The molecule has 0 spiro atoms. The fourth-order valence-corrected chi connectivity index (χ4v) is 3.46. The largest absolute Gasteiger partial charge is 0.357 e. The fourth-order valence-electron chi connectivity index (χ4n) is 3.46. The highest BCUT2D eigenvalue weighted by Crippen LogP contribution is 2.25. The molecule has 0 unspecified atom stereocenters. The Balaban J connectivity index is 0.00000392. The molecule has 0 aliphatic heterocycles. The zero-order valence-electron chi connectivity index (χ0n) is 17.2. The summed E-state index contributed by atoms with van der Waals surface area (Å²) in [7, 11) is 0. The molecule has 0 atom stereocenters. The van der Waals surface area contributed by atoms with Gasteiger partial charge in [0.25, 0.3) is 0 Å². The Morgan fingerprint density at radius 2 is 1.96 bits per heavy atom. The van der Waals surface area contributed by atoms with Crippen LogP contribution >= 0.6 is 24.0 Å². The lowest BCUT2D eigenvalue weighted by Gasteiger charge is -2.20. The highest BCUT2D eigenvalue weighted by molar-refractivity contribution is 14.0. The van der Waals surface area contributed by atoms with E-state index in [1.165, 1.54) is 32.1 Å². The first-order valence-corrected chi connectivity index (χ1v) is 10.4. The number of hydrogen-bond acceptors (Lipinski definition) is 4. The molecular formula is C19H36IN7O. The van der Waals surface area contributed by atoms with Gasteiger partial charge in [-0.3, -0.25) is 9.79 Å². The van der Waals surface area contributed by atoms with E-state index in [9.17, 15) is 4.79 Å². The van der Waals surface area contributed by atoms with Gasteiger partial charge < -0.3 is 20.5 Å². The van der Waals surface area contributed by atoms with Gasteiger partial charge >= 0.3 is 0 Å². The molecule has 9 heteroatoms. The molecule has 1 heterocycles. The molecule has 0 aromatic carbocycles. The van der Waals surface area contributed by atoms with Crippen LogP contribution in [-0.4, -0.2) is 52.8 Å². The second kappa shape index (κ2) is 14.6. The van der Waals surface area contributed by atoms with Gasteiger partial charge in [-0.25, -0.2) is 0 Å². The van der Waals surface area contributed by atoms with E-state index < -0.39 is 0 Å². The van der Waals surface area contributed by atoms with Crippen molar-refractivity contribution in [2.45, 2.75) is 65.3 Å². The van der Waals surface area contributed by atoms with E-state index in [0.29, 0.717) is 25.4 Å². The van der Waals surface area contributed by atoms with Crippen molar-refractivity contribution in [2.75, 3.05) is 26.2 Å². The van der Waals surface area contributed by atoms with Crippen LogP contribution in [0.5, 0.6) is 0 Å². The summed E-state index contributed by atoms with van der Waals surface area (Å²) >= 11 is 0. The predicted molar refractivity (Wildman–Crippen MR) is 123 cm³/mol. The molecule has 160 valence electrons. The lowest BCUT2D eigenvalue weighted by atomic mass is 9.87. The topological polar surface area (TPSA) is 96.2 Å². The van der Waals surface area contributed by atoms with Crippen molar-refractivity contribution < 1.29 is 4.79 Å². The minimum Gasteiger partial charge on any atom is -0.357 e. The number of nitrogens with one attached hydrogen (secondary N) is 3. The van der Waals surface area contributed by atoms with Gasteiger partial charge in [0.05, 0.1) is 6.54 Å². The van der Waals surface area contributed by atoms with Crippen LogP contribution in [0.1, 0.15) is 58.2 Å². The number of aliphatic imine (C=N–C) groups is 1. The molecule has 1 aromatic heterocycles. The Labute approximate surface area is 185 Å². The summed E-state index contributed by atoms with van der Waals surface area (Å²) in [6.07, 6.45) is 9.56. The summed E-state index contributed by atoms with van der Waals surface area (Å²) in [5, 5.41) is 17.6. The standard InChI is InChI=1S/C19H35N7O.HI/c1-3-17-25-24-15-26(17)13-12-23-19(20-4-2)22-11-10-21-18(27)14-16-8-6-5-7-9-16;/h15-16H,3-14H2,1-2H3,(H,21,27)(H2,20,22,23);1H. The number of aromatic nitrogens is 3. The van der Waals surface area contributed by atoms with Gasteiger partial charge in [0, 0.05) is 39.0 Å². The fraction of sp³-hybridized carbons (Fsp3) is 0.789. The first-order valence-electron chi connectivity index (χ1n) is 10.4. The van der Waals surface area contributed by atoms with Gasteiger partial charge in [-0.15, -0.1) is 34.2 Å². The molecule has 1 aromatic rings. The minimum absolute atomic E-state index is 0. The highest BCUT2D eigenvalue weighted by atomic mass is 127. The van der Waals surface area contributed by atoms with Crippen molar-refractivity contribution in [3.8, 4) is 0 Å². The van der Waals surface area contributed by atoms with Gasteiger partial charge in [-0.1, -0.05) is 26.2 Å². The zero-order valence-corrected chi connectivity index (χ0v) is 19.6. The van der Waals surface area contributed by atoms with Crippen LogP contribution in [0.3, 0.4) is 0 Å². The smallest absolute Gasteiger partial charge is 0.220 e. The second-order valence-electron chi connectivity index (χ2n) is 7.04. The second-order valence-corrected chi connectivity index (χ2v) is 7.04. The Kier molecular flexibility index (Phi) is 12.8. The molecule has 8 nitrogen and oxygen atoms in total. The quantitative estimate of drug-likeness (QED) is 0.196. The lowest BCUT2D eigenvalue weighted by Crippen LogP contribution is -2.39. The van der Waals surface area contributed by atoms with Crippen LogP contribution in [0, 0.1) is 5.92 Å². The molecule has 1 saturated carbocycles. The van der Waals surface area contributed by atoms with Crippen LogP contribution in [0.15, 0.2) is 11.3 Å². The van der Waals surface area contributed by atoms with E-state index in [1.54, 1.807) is 6.33 Å². The van der Waals surface area contributed by atoms with Gasteiger partial charge in [0.15, 0.2) is 5.96 Å². The Hall–Kier alpha value is -1.39. The van der Waals surface area contributed by atoms with Crippen molar-refractivity contribution in [3.05, 3.63) is 12.2 Å². The summed E-state index contributed by atoms with van der Waals surface area (Å²) in [5.74, 6) is 2.49. The maximum atomic E-state index is 12.0. The van der Waals surface area contributed by atoms with Crippen molar-refractivity contribution in [3.63, 3.8) is 0 Å². The number of amides is 1. The van der Waals surface area contributed by atoms with Crippen molar-refractivity contribution >= 4 is 35.8 Å². The Bertz CT molecular complexity index is 585. The molecule has 0 bridgehead atoms. The number of halogens is 1. The van der Waals surface area contributed by atoms with Crippen molar-refractivity contribution in [1.82, 2.24) is 30.7 Å². The molecule has 1 fully saturated rings. The molecule has 1 aliphatic carbocycles. The van der Waals surface area contributed by atoms with Crippen LogP contribution in [0.25, 0.3) is 0 Å². The summed E-state index contributed by atoms with van der Waals surface area (Å²) < 4.78 is 2.04.